The molecule has 54 heavy (non-hydrogen) atoms. The highest BCUT2D eigenvalue weighted by Crippen LogP contribution is 2.41. The van der Waals surface area contributed by atoms with Crippen molar-refractivity contribution in [1.82, 2.24) is 0 Å². The minimum atomic E-state index is -4.65. The average molecular weight is 763 g/mol. The fraction of sp³-hybridized carbons (Fsp3) is 0.455. The molecule has 0 heterocycles. The smallest absolute Gasteiger partial charge is 0.429 e. The summed E-state index contributed by atoms with van der Waals surface area (Å²) < 4.78 is 136. The van der Waals surface area contributed by atoms with Crippen molar-refractivity contribution >= 4 is 0 Å². The number of hydrogen-bond donors (Lipinski definition) is 0. The van der Waals surface area contributed by atoms with Gasteiger partial charge in [-0.05, 0) is 96.7 Å². The molecule has 1 nitrogen and oxygen atoms in total. The Kier molecular flexibility index (Phi) is 14.6. The Bertz CT molecular complexity index is 1800. The summed E-state index contributed by atoms with van der Waals surface area (Å²) in [4.78, 5) is 0. The Labute approximate surface area is 311 Å². The van der Waals surface area contributed by atoms with Gasteiger partial charge in [0.25, 0.3) is 0 Å². The van der Waals surface area contributed by atoms with E-state index in [2.05, 4.69) is 11.7 Å². The maximum atomic E-state index is 15.4. The van der Waals surface area contributed by atoms with Gasteiger partial charge >= 0.3 is 6.11 Å². The number of halogens is 9. The van der Waals surface area contributed by atoms with Crippen molar-refractivity contribution in [3.63, 3.8) is 0 Å². The minimum absolute atomic E-state index is 0.158. The fourth-order valence-corrected chi connectivity index (χ4v) is 7.61. The SMILES string of the molecule is CCCCCCCCCCCCCC1CCC(c2ccc(-c3cc(F)c(C(F)(F)Oc4ccc(-c5cc(F)c(F)c(F)c5)c(F)c4)c(F)c3)c(F)c2)CC1. The standard InChI is InChI=1S/C44H47F9O/c1-2-3-4-5-6-7-8-9-10-11-12-13-28-14-16-29(17-15-28)30-18-20-34(36(45)22-30)31-23-38(47)42(39(48)24-31)44(52,53)54-33-19-21-35(37(46)27-33)32-25-40(49)43(51)41(50)26-32/h18-29H,2-17H2,1H3. The summed E-state index contributed by atoms with van der Waals surface area (Å²) in [5, 5.41) is 0. The van der Waals surface area contributed by atoms with Gasteiger partial charge in [0.05, 0.1) is 0 Å². The maximum absolute atomic E-state index is 15.4. The summed E-state index contributed by atoms with van der Waals surface area (Å²) in [5.41, 5.74) is -2.34. The fourth-order valence-electron chi connectivity index (χ4n) is 7.61. The molecule has 0 spiro atoms. The van der Waals surface area contributed by atoms with E-state index in [-0.39, 0.29) is 17.0 Å². The van der Waals surface area contributed by atoms with Gasteiger partial charge in [-0.3, -0.25) is 0 Å². The molecular weight excluding hydrogens is 715 g/mol. The van der Waals surface area contributed by atoms with Crippen molar-refractivity contribution in [2.24, 2.45) is 5.92 Å². The van der Waals surface area contributed by atoms with Gasteiger partial charge in [0.2, 0.25) is 0 Å². The van der Waals surface area contributed by atoms with Gasteiger partial charge < -0.3 is 4.74 Å². The molecule has 292 valence electrons. The molecule has 1 fully saturated rings. The largest absolute Gasteiger partial charge is 0.432 e. The Morgan fingerprint density at radius 3 is 1.54 bits per heavy atom. The van der Waals surface area contributed by atoms with Crippen LogP contribution in [-0.2, 0) is 6.11 Å². The number of ether oxygens (including phenoxy) is 1. The highest BCUT2D eigenvalue weighted by Gasteiger charge is 2.41. The van der Waals surface area contributed by atoms with Gasteiger partial charge in [-0.2, -0.15) is 8.78 Å². The number of hydrogen-bond acceptors (Lipinski definition) is 1. The molecule has 1 aliphatic carbocycles. The molecule has 1 aliphatic rings. The van der Waals surface area contributed by atoms with Gasteiger partial charge in [0.15, 0.2) is 17.5 Å². The zero-order valence-electron chi connectivity index (χ0n) is 30.6. The molecular formula is C44H47F9O. The second-order valence-corrected chi connectivity index (χ2v) is 14.6. The molecule has 0 amide bonds. The molecule has 0 radical (unpaired) electrons. The molecule has 0 aromatic heterocycles. The first-order valence-corrected chi connectivity index (χ1v) is 19.2. The molecule has 4 aromatic rings. The van der Waals surface area contributed by atoms with E-state index in [1.54, 1.807) is 6.07 Å². The zero-order valence-corrected chi connectivity index (χ0v) is 30.6. The Morgan fingerprint density at radius 2 is 1.02 bits per heavy atom. The first kappa shape index (κ1) is 41.2. The van der Waals surface area contributed by atoms with Crippen LogP contribution in [0.25, 0.3) is 22.3 Å². The zero-order chi connectivity index (χ0) is 38.8. The number of unbranched alkanes of at least 4 members (excludes halogenated alkanes) is 10. The summed E-state index contributed by atoms with van der Waals surface area (Å²) in [6.07, 6.45) is 15.0. The number of rotatable bonds is 18. The summed E-state index contributed by atoms with van der Waals surface area (Å²) >= 11 is 0. The molecule has 0 atom stereocenters. The highest BCUT2D eigenvalue weighted by atomic mass is 19.3. The van der Waals surface area contributed by atoms with Crippen LogP contribution in [-0.4, -0.2) is 0 Å². The first-order valence-electron chi connectivity index (χ1n) is 19.2. The van der Waals surface area contributed by atoms with Crippen molar-refractivity contribution in [1.29, 1.82) is 0 Å². The molecule has 0 bridgehead atoms. The number of alkyl halides is 2. The monoisotopic (exact) mass is 762 g/mol. The van der Waals surface area contributed by atoms with Gasteiger partial charge in [0, 0.05) is 17.2 Å². The third-order valence-corrected chi connectivity index (χ3v) is 10.7. The van der Waals surface area contributed by atoms with Crippen LogP contribution < -0.4 is 4.74 Å². The topological polar surface area (TPSA) is 9.23 Å². The van der Waals surface area contributed by atoms with Crippen molar-refractivity contribution < 1.29 is 44.3 Å². The lowest BCUT2D eigenvalue weighted by Gasteiger charge is -2.29. The highest BCUT2D eigenvalue weighted by molar-refractivity contribution is 5.66. The van der Waals surface area contributed by atoms with Crippen LogP contribution in [0.5, 0.6) is 5.75 Å². The van der Waals surface area contributed by atoms with E-state index in [4.69, 9.17) is 0 Å². The molecule has 0 N–H and O–H groups in total. The molecule has 5 rings (SSSR count). The summed E-state index contributed by atoms with van der Waals surface area (Å²) in [6, 6.07) is 8.69. The lowest BCUT2D eigenvalue weighted by Crippen LogP contribution is -2.25. The predicted molar refractivity (Wildman–Crippen MR) is 194 cm³/mol. The minimum Gasteiger partial charge on any atom is -0.429 e. The van der Waals surface area contributed by atoms with E-state index in [0.29, 0.717) is 36.2 Å². The Balaban J connectivity index is 1.14. The first-order chi connectivity index (χ1) is 25.9. The molecule has 0 aliphatic heterocycles. The normalized spacial score (nSPS) is 16.2. The Hall–Kier alpha value is -3.95. The second-order valence-electron chi connectivity index (χ2n) is 14.6. The lowest BCUT2D eigenvalue weighted by molar-refractivity contribution is -0.189. The van der Waals surface area contributed by atoms with Crippen molar-refractivity contribution in [3.05, 3.63) is 113 Å². The van der Waals surface area contributed by atoms with Crippen molar-refractivity contribution in [3.8, 4) is 28.0 Å². The van der Waals surface area contributed by atoms with Crippen LogP contribution in [0.4, 0.5) is 39.5 Å². The van der Waals surface area contributed by atoms with E-state index in [1.807, 2.05) is 0 Å². The van der Waals surface area contributed by atoms with Crippen LogP contribution in [0.1, 0.15) is 127 Å². The molecule has 10 heteroatoms. The van der Waals surface area contributed by atoms with Crippen LogP contribution in [0.2, 0.25) is 0 Å². The van der Waals surface area contributed by atoms with E-state index in [0.717, 1.165) is 43.4 Å². The second kappa shape index (κ2) is 19.1. The van der Waals surface area contributed by atoms with Gasteiger partial charge in [0.1, 0.15) is 34.6 Å². The van der Waals surface area contributed by atoms with E-state index < -0.39 is 69.3 Å². The van der Waals surface area contributed by atoms with Gasteiger partial charge in [-0.1, -0.05) is 96.1 Å². The maximum Gasteiger partial charge on any atom is 0.432 e. The predicted octanol–water partition coefficient (Wildman–Crippen LogP) is 15.1. The third-order valence-electron chi connectivity index (χ3n) is 10.7. The van der Waals surface area contributed by atoms with Crippen molar-refractivity contribution in [2.45, 2.75) is 122 Å². The van der Waals surface area contributed by atoms with Gasteiger partial charge in [-0.15, -0.1) is 0 Å². The molecule has 0 saturated heterocycles. The molecule has 1 saturated carbocycles. The quantitative estimate of drug-likeness (QED) is 0.0557. The average Bonchev–Trinajstić information content (AvgIpc) is 3.12. The van der Waals surface area contributed by atoms with Crippen LogP contribution in [0, 0.1) is 46.6 Å². The third kappa shape index (κ3) is 10.6. The van der Waals surface area contributed by atoms with Crippen LogP contribution in [0.3, 0.4) is 0 Å². The lowest BCUT2D eigenvalue weighted by atomic mass is 9.77. The van der Waals surface area contributed by atoms with Gasteiger partial charge in [-0.25, -0.2) is 30.7 Å². The van der Waals surface area contributed by atoms with E-state index in [9.17, 15) is 17.6 Å². The summed E-state index contributed by atoms with van der Waals surface area (Å²) in [5.74, 6) is -10.5. The molecule has 0 unspecified atom stereocenters. The number of benzene rings is 4. The van der Waals surface area contributed by atoms with E-state index in [1.165, 1.54) is 89.2 Å². The summed E-state index contributed by atoms with van der Waals surface area (Å²) in [7, 11) is 0. The summed E-state index contributed by atoms with van der Waals surface area (Å²) in [6.45, 7) is 2.24. The van der Waals surface area contributed by atoms with Crippen LogP contribution >= 0.6 is 0 Å². The van der Waals surface area contributed by atoms with E-state index >= 15 is 22.0 Å². The van der Waals surface area contributed by atoms with Crippen molar-refractivity contribution in [2.75, 3.05) is 0 Å². The molecule has 4 aromatic carbocycles. The van der Waals surface area contributed by atoms with Crippen LogP contribution in [0.15, 0.2) is 60.7 Å². The Morgan fingerprint density at radius 1 is 0.537 bits per heavy atom.